The number of piperazine rings is 1. The van der Waals surface area contributed by atoms with Crippen LogP contribution in [0.25, 0.3) is 0 Å². The number of halogens is 3. The van der Waals surface area contributed by atoms with Crippen LogP contribution in [-0.4, -0.2) is 89.2 Å². The Bertz CT molecular complexity index is 1130. The van der Waals surface area contributed by atoms with Crippen molar-refractivity contribution in [2.75, 3.05) is 46.4 Å². The number of aliphatic hydroxyl groups is 1. The minimum absolute atomic E-state index is 0.0204. The summed E-state index contributed by atoms with van der Waals surface area (Å²) >= 11 is 0. The Kier molecular flexibility index (Phi) is 8.64. The zero-order valence-electron chi connectivity index (χ0n) is 22.5. The van der Waals surface area contributed by atoms with Crippen LogP contribution >= 0.6 is 0 Å². The van der Waals surface area contributed by atoms with E-state index in [1.54, 1.807) is 4.90 Å². The van der Waals surface area contributed by atoms with Crippen molar-refractivity contribution in [3.63, 3.8) is 0 Å². The number of pyridine rings is 1. The maximum Gasteiger partial charge on any atom is 0.417 e. The lowest BCUT2D eigenvalue weighted by Crippen LogP contribution is -2.49. The molecular formula is C28H37F3N4O3. The van der Waals surface area contributed by atoms with E-state index in [-0.39, 0.29) is 36.3 Å². The molecule has 10 heteroatoms. The molecule has 1 amide bonds. The SMILES string of the molecule is Cc1c(OCCCN(C)CCO)ccc([C@H](C)N2C[C@H]3C[C@@H]2CN3C(=O)c2ccc(C(F)(F)F)cn2)c1C. The number of fused-ring (bicyclic) bond motifs is 2. The third-order valence-corrected chi connectivity index (χ3v) is 8.00. The van der Waals surface area contributed by atoms with Crippen LogP contribution in [0.3, 0.4) is 0 Å². The fourth-order valence-electron chi connectivity index (χ4n) is 5.66. The predicted molar refractivity (Wildman–Crippen MR) is 138 cm³/mol. The Balaban J connectivity index is 1.35. The summed E-state index contributed by atoms with van der Waals surface area (Å²) in [4.78, 5) is 23.1. The van der Waals surface area contributed by atoms with Crippen LogP contribution < -0.4 is 4.74 Å². The van der Waals surface area contributed by atoms with Gasteiger partial charge in [-0.3, -0.25) is 14.7 Å². The summed E-state index contributed by atoms with van der Waals surface area (Å²) < 4.78 is 44.6. The van der Waals surface area contributed by atoms with E-state index in [4.69, 9.17) is 9.84 Å². The molecule has 38 heavy (non-hydrogen) atoms. The van der Waals surface area contributed by atoms with E-state index in [0.717, 1.165) is 49.5 Å². The van der Waals surface area contributed by atoms with Crippen LogP contribution in [0.5, 0.6) is 5.75 Å². The third kappa shape index (κ3) is 5.97. The van der Waals surface area contributed by atoms with E-state index < -0.39 is 11.7 Å². The summed E-state index contributed by atoms with van der Waals surface area (Å²) in [7, 11) is 1.98. The van der Waals surface area contributed by atoms with E-state index in [9.17, 15) is 18.0 Å². The summed E-state index contributed by atoms with van der Waals surface area (Å²) in [6.45, 7) is 9.91. The van der Waals surface area contributed by atoms with Crippen LogP contribution in [0, 0.1) is 13.8 Å². The number of amides is 1. The number of nitrogens with zero attached hydrogens (tertiary/aromatic N) is 4. The van der Waals surface area contributed by atoms with E-state index in [1.165, 1.54) is 17.2 Å². The van der Waals surface area contributed by atoms with E-state index in [2.05, 4.69) is 41.6 Å². The molecule has 3 atom stereocenters. The molecule has 2 bridgehead atoms. The van der Waals surface area contributed by atoms with E-state index >= 15 is 0 Å². The molecule has 2 fully saturated rings. The summed E-state index contributed by atoms with van der Waals surface area (Å²) in [5, 5.41) is 9.01. The minimum atomic E-state index is -4.48. The van der Waals surface area contributed by atoms with Gasteiger partial charge in [0.25, 0.3) is 5.91 Å². The molecule has 0 unspecified atom stereocenters. The van der Waals surface area contributed by atoms with Crippen LogP contribution in [0.4, 0.5) is 13.2 Å². The average molecular weight is 535 g/mol. The van der Waals surface area contributed by atoms with Gasteiger partial charge in [0.05, 0.1) is 18.8 Å². The van der Waals surface area contributed by atoms with Crippen molar-refractivity contribution in [3.8, 4) is 5.75 Å². The minimum Gasteiger partial charge on any atom is -0.493 e. The van der Waals surface area contributed by atoms with Crippen molar-refractivity contribution in [1.29, 1.82) is 0 Å². The molecule has 1 aromatic heterocycles. The van der Waals surface area contributed by atoms with Gasteiger partial charge in [-0.2, -0.15) is 13.2 Å². The van der Waals surface area contributed by atoms with E-state index in [0.29, 0.717) is 19.7 Å². The van der Waals surface area contributed by atoms with Crippen LogP contribution in [0.1, 0.15) is 58.5 Å². The molecule has 2 saturated heterocycles. The van der Waals surface area contributed by atoms with Crippen molar-refractivity contribution < 1.29 is 27.8 Å². The molecule has 4 rings (SSSR count). The highest BCUT2D eigenvalue weighted by atomic mass is 19.4. The van der Waals surface area contributed by atoms with Gasteiger partial charge in [0, 0.05) is 50.5 Å². The number of aliphatic hydroxyl groups excluding tert-OH is 1. The van der Waals surface area contributed by atoms with Gasteiger partial charge >= 0.3 is 6.18 Å². The molecular weight excluding hydrogens is 497 g/mol. The molecule has 2 aliphatic heterocycles. The van der Waals surface area contributed by atoms with Gasteiger partial charge in [-0.15, -0.1) is 0 Å². The largest absolute Gasteiger partial charge is 0.493 e. The normalized spacial score (nSPS) is 20.4. The molecule has 3 heterocycles. The molecule has 208 valence electrons. The van der Waals surface area contributed by atoms with Gasteiger partial charge in [0.1, 0.15) is 11.4 Å². The Labute approximate surface area is 222 Å². The first kappa shape index (κ1) is 28.3. The molecule has 2 aliphatic rings. The topological polar surface area (TPSA) is 69.1 Å². The first-order valence-corrected chi connectivity index (χ1v) is 13.1. The van der Waals surface area contributed by atoms with Crippen LogP contribution in [0.2, 0.25) is 0 Å². The molecule has 0 aliphatic carbocycles. The standard InChI is InChI=1S/C28H37F3N4O3/c1-18-19(2)26(38-13-5-10-33(4)11-12-36)9-7-24(18)20(3)34-16-23-14-22(34)17-35(23)27(37)25-8-6-21(15-32-25)28(29,30)31/h6-9,15,20,22-23,36H,5,10-14,16-17H2,1-4H3/t20-,22+,23+/m0/s1. The lowest BCUT2D eigenvalue weighted by Gasteiger charge is -2.38. The van der Waals surface area contributed by atoms with Gasteiger partial charge in [0.15, 0.2) is 0 Å². The van der Waals surface area contributed by atoms with Gasteiger partial charge in [-0.1, -0.05) is 6.07 Å². The number of carbonyl (C=O) groups is 1. The highest BCUT2D eigenvalue weighted by Crippen LogP contribution is 2.39. The van der Waals surface area contributed by atoms with Crippen molar-refractivity contribution >= 4 is 5.91 Å². The number of rotatable bonds is 10. The zero-order chi connectivity index (χ0) is 27.6. The Morgan fingerprint density at radius 3 is 2.53 bits per heavy atom. The smallest absolute Gasteiger partial charge is 0.417 e. The molecule has 1 aromatic carbocycles. The van der Waals surface area contributed by atoms with Gasteiger partial charge in [-0.05, 0) is 75.5 Å². The number of ether oxygens (including phenoxy) is 1. The lowest BCUT2D eigenvalue weighted by atomic mass is 9.96. The predicted octanol–water partition coefficient (Wildman–Crippen LogP) is 4.07. The highest BCUT2D eigenvalue weighted by molar-refractivity contribution is 5.93. The van der Waals surface area contributed by atoms with Crippen molar-refractivity contribution in [1.82, 2.24) is 19.7 Å². The van der Waals surface area contributed by atoms with E-state index in [1.807, 2.05) is 13.1 Å². The third-order valence-electron chi connectivity index (χ3n) is 8.00. The maximum absolute atomic E-state index is 13.0. The average Bonchev–Trinajstić information content (AvgIpc) is 3.49. The number of carbonyl (C=O) groups excluding carboxylic acids is 1. The quantitative estimate of drug-likeness (QED) is 0.464. The summed E-state index contributed by atoms with van der Waals surface area (Å²) in [6.07, 6.45) is -2.03. The second-order valence-corrected chi connectivity index (χ2v) is 10.4. The molecule has 2 aromatic rings. The molecule has 1 N–H and O–H groups in total. The Morgan fingerprint density at radius 2 is 1.92 bits per heavy atom. The lowest BCUT2D eigenvalue weighted by molar-refractivity contribution is -0.137. The number of hydrogen-bond acceptors (Lipinski definition) is 6. The maximum atomic E-state index is 13.0. The zero-order valence-corrected chi connectivity index (χ0v) is 22.5. The second kappa shape index (κ2) is 11.6. The Morgan fingerprint density at radius 1 is 1.16 bits per heavy atom. The van der Waals surface area contributed by atoms with Crippen molar-refractivity contribution in [2.24, 2.45) is 0 Å². The summed E-state index contributed by atoms with van der Waals surface area (Å²) in [6, 6.07) is 6.61. The molecule has 0 spiro atoms. The van der Waals surface area contributed by atoms with Crippen LogP contribution in [-0.2, 0) is 6.18 Å². The first-order valence-electron chi connectivity index (χ1n) is 13.1. The molecule has 0 radical (unpaired) electrons. The number of hydrogen-bond donors (Lipinski definition) is 1. The Hall–Kier alpha value is -2.69. The summed E-state index contributed by atoms with van der Waals surface area (Å²) in [5.74, 6) is 0.571. The van der Waals surface area contributed by atoms with Crippen molar-refractivity contribution in [2.45, 2.75) is 57.9 Å². The van der Waals surface area contributed by atoms with Gasteiger partial charge in [0.2, 0.25) is 0 Å². The number of alkyl halides is 3. The number of benzene rings is 1. The summed E-state index contributed by atoms with van der Waals surface area (Å²) in [5.41, 5.74) is 2.73. The van der Waals surface area contributed by atoms with Crippen LogP contribution in [0.15, 0.2) is 30.5 Å². The number of likely N-dealkylation sites (tertiary alicyclic amines) is 2. The molecule has 0 saturated carbocycles. The number of aromatic nitrogens is 1. The van der Waals surface area contributed by atoms with Gasteiger partial charge < -0.3 is 19.6 Å². The number of likely N-dealkylation sites (N-methyl/N-ethyl adjacent to an activating group) is 1. The highest BCUT2D eigenvalue weighted by Gasteiger charge is 2.47. The monoisotopic (exact) mass is 534 g/mol. The fraction of sp³-hybridized carbons (Fsp3) is 0.571. The fourth-order valence-corrected chi connectivity index (χ4v) is 5.66. The van der Waals surface area contributed by atoms with Gasteiger partial charge in [-0.25, -0.2) is 0 Å². The first-order chi connectivity index (χ1) is 18.0. The molecule has 7 nitrogen and oxygen atoms in total. The van der Waals surface area contributed by atoms with Crippen molar-refractivity contribution in [3.05, 3.63) is 58.4 Å². The second-order valence-electron chi connectivity index (χ2n) is 10.4.